The summed E-state index contributed by atoms with van der Waals surface area (Å²) >= 11 is 0. The number of hydrogen-bond donors (Lipinski definition) is 2. The molecule has 2 N–H and O–H groups in total. The number of hydrogen-bond acceptors (Lipinski definition) is 2. The third-order valence-corrected chi connectivity index (χ3v) is 1.97. The molecule has 0 spiro atoms. The highest BCUT2D eigenvalue weighted by Gasteiger charge is 2.10. The summed E-state index contributed by atoms with van der Waals surface area (Å²) in [5, 5.41) is 5.39. The van der Waals surface area contributed by atoms with Crippen LogP contribution in [0.2, 0.25) is 0 Å². The average Bonchev–Trinajstić information content (AvgIpc) is 2.12. The summed E-state index contributed by atoms with van der Waals surface area (Å²) in [7, 11) is 0. The van der Waals surface area contributed by atoms with Crippen molar-refractivity contribution in [1.82, 2.24) is 10.6 Å². The molecule has 0 aliphatic rings. The van der Waals surface area contributed by atoms with Crippen molar-refractivity contribution < 1.29 is 9.59 Å². The van der Waals surface area contributed by atoms with E-state index >= 15 is 0 Å². The first-order valence-electron chi connectivity index (χ1n) is 5.10. The number of carbonyl (C=O) groups excluding carboxylic acids is 2. The van der Waals surface area contributed by atoms with Crippen LogP contribution in [0.5, 0.6) is 0 Å². The van der Waals surface area contributed by atoms with Crippen LogP contribution >= 0.6 is 0 Å². The minimum Gasteiger partial charge on any atom is -0.355 e. The lowest BCUT2D eigenvalue weighted by atomic mass is 10.1. The Labute approximate surface area is 85.4 Å². The first-order chi connectivity index (χ1) is 6.57. The maximum atomic E-state index is 11.4. The van der Waals surface area contributed by atoms with Crippen molar-refractivity contribution in [2.75, 3.05) is 13.1 Å². The zero-order chi connectivity index (χ0) is 11.0. The van der Waals surface area contributed by atoms with Crippen LogP contribution in [0.4, 0.5) is 0 Å². The lowest BCUT2D eigenvalue weighted by Gasteiger charge is -2.10. The zero-order valence-corrected chi connectivity index (χ0v) is 9.22. The predicted octanol–water partition coefficient (Wildman–Crippen LogP) is 0.675. The third-order valence-electron chi connectivity index (χ3n) is 1.97. The molecule has 0 fully saturated rings. The third kappa shape index (κ3) is 6.46. The maximum absolute atomic E-state index is 11.4. The molecular weight excluding hydrogens is 180 g/mol. The Morgan fingerprint density at radius 2 is 1.79 bits per heavy atom. The molecule has 0 aromatic rings. The van der Waals surface area contributed by atoms with Crippen molar-refractivity contribution in [2.24, 2.45) is 5.92 Å². The van der Waals surface area contributed by atoms with E-state index in [1.54, 1.807) is 0 Å². The fourth-order valence-corrected chi connectivity index (χ4v) is 1.16. The van der Waals surface area contributed by atoms with Crippen molar-refractivity contribution in [3.05, 3.63) is 0 Å². The van der Waals surface area contributed by atoms with Crippen LogP contribution in [0.3, 0.4) is 0 Å². The molecule has 0 aliphatic carbocycles. The highest BCUT2D eigenvalue weighted by Crippen LogP contribution is 2.03. The molecular formula is C10H20N2O2. The molecule has 0 radical (unpaired) electrons. The van der Waals surface area contributed by atoms with Gasteiger partial charge >= 0.3 is 0 Å². The highest BCUT2D eigenvalue weighted by atomic mass is 16.2. The van der Waals surface area contributed by atoms with Crippen LogP contribution in [-0.2, 0) is 9.59 Å². The van der Waals surface area contributed by atoms with E-state index in [2.05, 4.69) is 17.6 Å². The minimum atomic E-state index is -0.0687. The van der Waals surface area contributed by atoms with Gasteiger partial charge in [-0.3, -0.25) is 9.59 Å². The Morgan fingerprint density at radius 3 is 2.29 bits per heavy atom. The molecule has 1 unspecified atom stereocenters. The molecule has 0 saturated heterocycles. The summed E-state index contributed by atoms with van der Waals surface area (Å²) in [5.74, 6) is 0.0652. The van der Waals surface area contributed by atoms with Crippen LogP contribution < -0.4 is 10.6 Å². The second kappa shape index (κ2) is 7.35. The SMILES string of the molecule is CCCC(C)C(=O)NCCNC(C)=O. The molecule has 0 bridgehead atoms. The Balaban J connectivity index is 3.48. The van der Waals surface area contributed by atoms with Crippen molar-refractivity contribution in [1.29, 1.82) is 0 Å². The average molecular weight is 200 g/mol. The molecule has 2 amide bonds. The van der Waals surface area contributed by atoms with E-state index in [0.717, 1.165) is 12.8 Å². The topological polar surface area (TPSA) is 58.2 Å². The molecule has 0 aromatic heterocycles. The minimum absolute atomic E-state index is 0.0669. The first-order valence-corrected chi connectivity index (χ1v) is 5.10. The van der Waals surface area contributed by atoms with Gasteiger partial charge in [0.1, 0.15) is 0 Å². The van der Waals surface area contributed by atoms with Crippen LogP contribution in [0, 0.1) is 5.92 Å². The molecule has 0 aromatic carbocycles. The Hall–Kier alpha value is -1.06. The van der Waals surface area contributed by atoms with Crippen molar-refractivity contribution in [3.8, 4) is 0 Å². The van der Waals surface area contributed by atoms with E-state index < -0.39 is 0 Å². The van der Waals surface area contributed by atoms with Crippen molar-refractivity contribution >= 4 is 11.8 Å². The number of nitrogens with one attached hydrogen (secondary N) is 2. The molecule has 0 heterocycles. The van der Waals surface area contributed by atoms with E-state index in [0.29, 0.717) is 13.1 Å². The van der Waals surface area contributed by atoms with E-state index in [4.69, 9.17) is 0 Å². The van der Waals surface area contributed by atoms with Crippen LogP contribution in [0.15, 0.2) is 0 Å². The molecule has 0 rings (SSSR count). The van der Waals surface area contributed by atoms with Gasteiger partial charge in [-0.05, 0) is 6.42 Å². The fourth-order valence-electron chi connectivity index (χ4n) is 1.16. The lowest BCUT2D eigenvalue weighted by molar-refractivity contribution is -0.125. The van der Waals surface area contributed by atoms with Crippen LogP contribution in [0.25, 0.3) is 0 Å². The van der Waals surface area contributed by atoms with Gasteiger partial charge in [0, 0.05) is 25.9 Å². The highest BCUT2D eigenvalue weighted by molar-refractivity contribution is 5.78. The molecule has 4 heteroatoms. The van der Waals surface area contributed by atoms with E-state index in [9.17, 15) is 9.59 Å². The van der Waals surface area contributed by atoms with Gasteiger partial charge in [0.05, 0.1) is 0 Å². The molecule has 14 heavy (non-hydrogen) atoms. The lowest BCUT2D eigenvalue weighted by Crippen LogP contribution is -2.36. The first kappa shape index (κ1) is 12.9. The Bertz CT molecular complexity index is 193. The van der Waals surface area contributed by atoms with Gasteiger partial charge in [0.25, 0.3) is 0 Å². The molecule has 1 atom stereocenters. The number of rotatable bonds is 6. The normalized spacial score (nSPS) is 11.9. The van der Waals surface area contributed by atoms with E-state index in [1.165, 1.54) is 6.92 Å². The second-order valence-corrected chi connectivity index (χ2v) is 3.46. The standard InChI is InChI=1S/C10H20N2O2/c1-4-5-8(2)10(14)12-7-6-11-9(3)13/h8H,4-7H2,1-3H3,(H,11,13)(H,12,14). The van der Waals surface area contributed by atoms with E-state index in [1.807, 2.05) is 6.92 Å². The summed E-state index contributed by atoms with van der Waals surface area (Å²) in [6, 6.07) is 0. The van der Waals surface area contributed by atoms with Crippen LogP contribution in [0.1, 0.15) is 33.6 Å². The summed E-state index contributed by atoms with van der Waals surface area (Å²) < 4.78 is 0. The molecule has 0 saturated carbocycles. The monoisotopic (exact) mass is 200 g/mol. The smallest absolute Gasteiger partial charge is 0.222 e. The number of amides is 2. The summed E-state index contributed by atoms with van der Waals surface area (Å²) in [6.07, 6.45) is 1.92. The van der Waals surface area contributed by atoms with Gasteiger partial charge in [0.2, 0.25) is 11.8 Å². The van der Waals surface area contributed by atoms with Gasteiger partial charge in [-0.15, -0.1) is 0 Å². The predicted molar refractivity (Wildman–Crippen MR) is 55.8 cm³/mol. The number of carbonyl (C=O) groups is 2. The maximum Gasteiger partial charge on any atom is 0.222 e. The largest absolute Gasteiger partial charge is 0.355 e. The Morgan fingerprint density at radius 1 is 1.21 bits per heavy atom. The van der Waals surface area contributed by atoms with Gasteiger partial charge in [-0.1, -0.05) is 20.3 Å². The van der Waals surface area contributed by atoms with Crippen LogP contribution in [-0.4, -0.2) is 24.9 Å². The van der Waals surface area contributed by atoms with Gasteiger partial charge in [0.15, 0.2) is 0 Å². The fraction of sp³-hybridized carbons (Fsp3) is 0.800. The summed E-state index contributed by atoms with van der Waals surface area (Å²) in [5.41, 5.74) is 0. The van der Waals surface area contributed by atoms with Gasteiger partial charge in [-0.2, -0.15) is 0 Å². The van der Waals surface area contributed by atoms with Crippen molar-refractivity contribution in [3.63, 3.8) is 0 Å². The second-order valence-electron chi connectivity index (χ2n) is 3.46. The zero-order valence-electron chi connectivity index (χ0n) is 9.22. The molecule has 0 aliphatic heterocycles. The van der Waals surface area contributed by atoms with E-state index in [-0.39, 0.29) is 17.7 Å². The molecule has 82 valence electrons. The van der Waals surface area contributed by atoms with Gasteiger partial charge < -0.3 is 10.6 Å². The van der Waals surface area contributed by atoms with Crippen molar-refractivity contribution in [2.45, 2.75) is 33.6 Å². The summed E-state index contributed by atoms with van der Waals surface area (Å²) in [4.78, 5) is 21.9. The van der Waals surface area contributed by atoms with Gasteiger partial charge in [-0.25, -0.2) is 0 Å². The Kier molecular flexibility index (Phi) is 6.80. The summed E-state index contributed by atoms with van der Waals surface area (Å²) in [6.45, 7) is 6.44. The molecule has 4 nitrogen and oxygen atoms in total. The quantitative estimate of drug-likeness (QED) is 0.619.